The number of methoxy groups -OCH3 is 2. The molecule has 156 valence electrons. The van der Waals surface area contributed by atoms with Gasteiger partial charge in [0, 0.05) is 30.5 Å². The van der Waals surface area contributed by atoms with Gasteiger partial charge in [-0.2, -0.15) is 0 Å². The average molecular weight is 420 g/mol. The highest BCUT2D eigenvalue weighted by molar-refractivity contribution is 7.92. The fourth-order valence-corrected chi connectivity index (χ4v) is 4.07. The van der Waals surface area contributed by atoms with Crippen molar-refractivity contribution >= 4 is 21.6 Å². The zero-order valence-electron chi connectivity index (χ0n) is 16.3. The van der Waals surface area contributed by atoms with E-state index in [-0.39, 0.29) is 16.9 Å². The Morgan fingerprint density at radius 2 is 1.83 bits per heavy atom. The molecule has 2 aromatic rings. The summed E-state index contributed by atoms with van der Waals surface area (Å²) >= 11 is 0. The van der Waals surface area contributed by atoms with Crippen LogP contribution in [-0.4, -0.2) is 47.8 Å². The molecule has 2 aromatic carbocycles. The molecule has 1 aliphatic heterocycles. The molecule has 0 aromatic heterocycles. The van der Waals surface area contributed by atoms with E-state index in [9.17, 15) is 13.2 Å². The SMILES string of the molecule is COc1ccc(S(=O)(=O)Nc2ccc(C(=O)NC[C@@H]3CCCO3)cc2)cc1OC. The van der Waals surface area contributed by atoms with E-state index in [0.29, 0.717) is 29.3 Å². The van der Waals surface area contributed by atoms with Gasteiger partial charge in [0.05, 0.1) is 25.2 Å². The van der Waals surface area contributed by atoms with Crippen LogP contribution in [0.25, 0.3) is 0 Å². The van der Waals surface area contributed by atoms with Crippen LogP contribution in [-0.2, 0) is 14.8 Å². The van der Waals surface area contributed by atoms with Gasteiger partial charge in [-0.1, -0.05) is 0 Å². The van der Waals surface area contributed by atoms with E-state index in [1.807, 2.05) is 0 Å². The quantitative estimate of drug-likeness (QED) is 0.680. The van der Waals surface area contributed by atoms with Gasteiger partial charge in [-0.05, 0) is 49.2 Å². The van der Waals surface area contributed by atoms with E-state index in [0.717, 1.165) is 19.4 Å². The van der Waals surface area contributed by atoms with Crippen molar-refractivity contribution in [2.24, 2.45) is 0 Å². The molecule has 29 heavy (non-hydrogen) atoms. The van der Waals surface area contributed by atoms with Crippen LogP contribution in [0.1, 0.15) is 23.2 Å². The summed E-state index contributed by atoms with van der Waals surface area (Å²) in [4.78, 5) is 12.3. The van der Waals surface area contributed by atoms with Crippen molar-refractivity contribution in [3.8, 4) is 11.5 Å². The lowest BCUT2D eigenvalue weighted by Gasteiger charge is -2.13. The maximum atomic E-state index is 12.6. The molecule has 0 unspecified atom stereocenters. The van der Waals surface area contributed by atoms with Crippen LogP contribution in [0, 0.1) is 0 Å². The van der Waals surface area contributed by atoms with Crippen LogP contribution in [0.4, 0.5) is 5.69 Å². The summed E-state index contributed by atoms with van der Waals surface area (Å²) in [6, 6.07) is 10.5. The van der Waals surface area contributed by atoms with E-state index in [2.05, 4.69) is 10.0 Å². The predicted molar refractivity (Wildman–Crippen MR) is 108 cm³/mol. The smallest absolute Gasteiger partial charge is 0.262 e. The van der Waals surface area contributed by atoms with Gasteiger partial charge in [-0.3, -0.25) is 9.52 Å². The maximum Gasteiger partial charge on any atom is 0.262 e. The van der Waals surface area contributed by atoms with E-state index >= 15 is 0 Å². The first-order valence-electron chi connectivity index (χ1n) is 9.17. The topological polar surface area (TPSA) is 103 Å². The number of carbonyl (C=O) groups is 1. The first kappa shape index (κ1) is 20.9. The number of rotatable bonds is 8. The third-order valence-corrected chi connectivity index (χ3v) is 5.96. The molecule has 0 spiro atoms. The lowest BCUT2D eigenvalue weighted by atomic mass is 10.2. The highest BCUT2D eigenvalue weighted by Crippen LogP contribution is 2.30. The summed E-state index contributed by atoms with van der Waals surface area (Å²) < 4.78 is 43.5. The van der Waals surface area contributed by atoms with Crippen molar-refractivity contribution in [1.82, 2.24) is 5.32 Å². The van der Waals surface area contributed by atoms with Crippen LogP contribution in [0.5, 0.6) is 11.5 Å². The lowest BCUT2D eigenvalue weighted by Crippen LogP contribution is -2.31. The number of nitrogens with one attached hydrogen (secondary N) is 2. The summed E-state index contributed by atoms with van der Waals surface area (Å²) in [7, 11) is -0.918. The molecule has 0 aliphatic carbocycles. The van der Waals surface area contributed by atoms with Gasteiger partial charge in [0.15, 0.2) is 11.5 Å². The minimum absolute atomic E-state index is 0.0357. The standard InChI is InChI=1S/C20H24N2O6S/c1-26-18-10-9-17(12-19(18)27-2)29(24,25)22-15-7-5-14(6-8-15)20(23)21-13-16-4-3-11-28-16/h5-10,12,16,22H,3-4,11,13H2,1-2H3,(H,21,23)/t16-/m0/s1. The third kappa shape index (κ3) is 5.18. The molecule has 0 bridgehead atoms. The number of hydrogen-bond donors (Lipinski definition) is 2. The van der Waals surface area contributed by atoms with Crippen molar-refractivity contribution in [1.29, 1.82) is 0 Å². The Morgan fingerprint density at radius 1 is 1.10 bits per heavy atom. The second-order valence-corrected chi connectivity index (χ2v) is 8.23. The zero-order valence-corrected chi connectivity index (χ0v) is 17.1. The molecular formula is C20H24N2O6S. The number of sulfonamides is 1. The van der Waals surface area contributed by atoms with Crippen LogP contribution in [0.15, 0.2) is 47.4 Å². The number of ether oxygens (including phenoxy) is 3. The molecule has 3 rings (SSSR count). The van der Waals surface area contributed by atoms with E-state index in [1.54, 1.807) is 24.3 Å². The average Bonchev–Trinajstić information content (AvgIpc) is 3.25. The first-order valence-corrected chi connectivity index (χ1v) is 10.7. The molecule has 2 N–H and O–H groups in total. The summed E-state index contributed by atoms with van der Waals surface area (Å²) in [6.07, 6.45) is 2.01. The van der Waals surface area contributed by atoms with Gasteiger partial charge in [0.2, 0.25) is 0 Å². The molecule has 1 fully saturated rings. The zero-order chi connectivity index (χ0) is 20.9. The predicted octanol–water partition coefficient (Wildman–Crippen LogP) is 2.41. The second-order valence-electron chi connectivity index (χ2n) is 6.54. The minimum atomic E-state index is -3.83. The maximum absolute atomic E-state index is 12.6. The highest BCUT2D eigenvalue weighted by atomic mass is 32.2. The van der Waals surface area contributed by atoms with Gasteiger partial charge >= 0.3 is 0 Å². The van der Waals surface area contributed by atoms with Gasteiger partial charge in [-0.15, -0.1) is 0 Å². The lowest BCUT2D eigenvalue weighted by molar-refractivity contribution is 0.0858. The van der Waals surface area contributed by atoms with Crippen molar-refractivity contribution in [3.63, 3.8) is 0 Å². The Morgan fingerprint density at radius 3 is 2.45 bits per heavy atom. The Bertz CT molecular complexity index is 953. The van der Waals surface area contributed by atoms with Gasteiger partial charge in [0.25, 0.3) is 15.9 Å². The van der Waals surface area contributed by atoms with Crippen molar-refractivity contribution in [2.75, 3.05) is 32.1 Å². The van der Waals surface area contributed by atoms with Gasteiger partial charge in [-0.25, -0.2) is 8.42 Å². The van der Waals surface area contributed by atoms with Crippen molar-refractivity contribution < 1.29 is 27.4 Å². The fraction of sp³-hybridized carbons (Fsp3) is 0.350. The number of carbonyl (C=O) groups excluding carboxylic acids is 1. The number of amides is 1. The molecule has 1 amide bonds. The Hall–Kier alpha value is -2.78. The van der Waals surface area contributed by atoms with Crippen LogP contribution in [0.3, 0.4) is 0 Å². The van der Waals surface area contributed by atoms with E-state index in [4.69, 9.17) is 14.2 Å². The minimum Gasteiger partial charge on any atom is -0.493 e. The summed E-state index contributed by atoms with van der Waals surface area (Å²) in [5.74, 6) is 0.522. The molecule has 0 saturated carbocycles. The van der Waals surface area contributed by atoms with Crippen LogP contribution < -0.4 is 19.5 Å². The number of benzene rings is 2. The highest BCUT2D eigenvalue weighted by Gasteiger charge is 2.19. The number of anilines is 1. The fourth-order valence-electron chi connectivity index (χ4n) is 3.00. The molecule has 1 aliphatic rings. The summed E-state index contributed by atoms with van der Waals surface area (Å²) in [6.45, 7) is 1.20. The van der Waals surface area contributed by atoms with Gasteiger partial charge in [0.1, 0.15) is 0 Å². The van der Waals surface area contributed by atoms with E-state index < -0.39 is 10.0 Å². The summed E-state index contributed by atoms with van der Waals surface area (Å²) in [5.41, 5.74) is 0.785. The first-order chi connectivity index (χ1) is 13.9. The molecular weight excluding hydrogens is 396 g/mol. The molecule has 8 nitrogen and oxygen atoms in total. The Balaban J connectivity index is 1.66. The van der Waals surface area contributed by atoms with Crippen LogP contribution in [0.2, 0.25) is 0 Å². The van der Waals surface area contributed by atoms with Crippen LogP contribution >= 0.6 is 0 Å². The Labute approximate surface area is 170 Å². The molecule has 1 heterocycles. The molecule has 0 radical (unpaired) electrons. The van der Waals surface area contributed by atoms with Crippen molar-refractivity contribution in [2.45, 2.75) is 23.8 Å². The monoisotopic (exact) mass is 420 g/mol. The normalized spacial score (nSPS) is 16.3. The van der Waals surface area contributed by atoms with Gasteiger partial charge < -0.3 is 19.5 Å². The summed E-state index contributed by atoms with van der Waals surface area (Å²) in [5, 5.41) is 2.83. The largest absolute Gasteiger partial charge is 0.493 e. The second kappa shape index (κ2) is 9.15. The van der Waals surface area contributed by atoms with E-state index in [1.165, 1.54) is 32.4 Å². The molecule has 1 atom stereocenters. The van der Waals surface area contributed by atoms with Crippen molar-refractivity contribution in [3.05, 3.63) is 48.0 Å². The Kier molecular flexibility index (Phi) is 6.60. The number of hydrogen-bond acceptors (Lipinski definition) is 6. The molecule has 9 heteroatoms. The third-order valence-electron chi connectivity index (χ3n) is 4.58. The molecule has 1 saturated heterocycles.